The van der Waals surface area contributed by atoms with Crippen molar-refractivity contribution in [3.63, 3.8) is 0 Å². The van der Waals surface area contributed by atoms with E-state index in [9.17, 15) is 4.79 Å². The molecule has 0 saturated heterocycles. The second kappa shape index (κ2) is 5.28. The summed E-state index contributed by atoms with van der Waals surface area (Å²) < 4.78 is 5.58. The molecule has 0 heterocycles. The van der Waals surface area contributed by atoms with Gasteiger partial charge in [-0.15, -0.1) is 0 Å². The van der Waals surface area contributed by atoms with Crippen molar-refractivity contribution in [2.75, 3.05) is 0 Å². The second-order valence-electron chi connectivity index (χ2n) is 8.89. The van der Waals surface area contributed by atoms with Crippen molar-refractivity contribution in [2.24, 2.45) is 28.6 Å². The standard InChI is InChI=1S/C19H32O2/c1-13(20)21-15-8-6-14-7-9-17-18(2,3)10-5-11-19(17,4)16(14)12-15/h14-17H,5-12H2,1-4H3/t14-,15-,16+,17+,19-/m1/s1. The lowest BCUT2D eigenvalue weighted by molar-refractivity contribution is -0.159. The summed E-state index contributed by atoms with van der Waals surface area (Å²) in [7, 11) is 0. The molecule has 3 fully saturated rings. The molecule has 3 aliphatic carbocycles. The first-order valence-electron chi connectivity index (χ1n) is 9.00. The lowest BCUT2D eigenvalue weighted by atomic mass is 9.44. The Balaban J connectivity index is 1.82. The molecule has 0 unspecified atom stereocenters. The summed E-state index contributed by atoms with van der Waals surface area (Å²) in [5.74, 6) is 2.41. The Morgan fingerprint density at radius 3 is 2.48 bits per heavy atom. The monoisotopic (exact) mass is 292 g/mol. The fourth-order valence-electron chi connectivity index (χ4n) is 6.40. The van der Waals surface area contributed by atoms with Gasteiger partial charge in [-0.2, -0.15) is 0 Å². The van der Waals surface area contributed by atoms with E-state index in [-0.39, 0.29) is 12.1 Å². The number of rotatable bonds is 1. The van der Waals surface area contributed by atoms with Gasteiger partial charge in [0.2, 0.25) is 0 Å². The molecule has 3 rings (SSSR count). The highest BCUT2D eigenvalue weighted by Gasteiger charge is 2.55. The van der Waals surface area contributed by atoms with Crippen LogP contribution in [0.4, 0.5) is 0 Å². The van der Waals surface area contributed by atoms with Gasteiger partial charge in [-0.05, 0) is 73.5 Å². The van der Waals surface area contributed by atoms with Gasteiger partial charge in [0, 0.05) is 6.92 Å². The zero-order valence-electron chi connectivity index (χ0n) is 14.3. The number of esters is 1. The van der Waals surface area contributed by atoms with Gasteiger partial charge in [-0.25, -0.2) is 0 Å². The topological polar surface area (TPSA) is 26.3 Å². The molecule has 21 heavy (non-hydrogen) atoms. The molecule has 3 saturated carbocycles. The van der Waals surface area contributed by atoms with Crippen molar-refractivity contribution >= 4 is 5.97 Å². The predicted octanol–water partition coefficient (Wildman–Crippen LogP) is 4.96. The smallest absolute Gasteiger partial charge is 0.302 e. The molecular formula is C19H32O2. The quantitative estimate of drug-likeness (QED) is 0.638. The highest BCUT2D eigenvalue weighted by atomic mass is 16.5. The van der Waals surface area contributed by atoms with Gasteiger partial charge in [0.25, 0.3) is 0 Å². The second-order valence-corrected chi connectivity index (χ2v) is 8.89. The molecule has 0 aromatic rings. The van der Waals surface area contributed by atoms with Gasteiger partial charge in [-0.1, -0.05) is 27.2 Å². The Bertz CT molecular complexity index is 414. The molecule has 0 spiro atoms. The van der Waals surface area contributed by atoms with Crippen LogP contribution in [0.3, 0.4) is 0 Å². The average Bonchev–Trinajstić information content (AvgIpc) is 2.37. The number of hydrogen-bond donors (Lipinski definition) is 0. The van der Waals surface area contributed by atoms with Crippen LogP contribution in [-0.2, 0) is 9.53 Å². The first-order valence-corrected chi connectivity index (χ1v) is 9.00. The van der Waals surface area contributed by atoms with Crippen LogP contribution in [0, 0.1) is 28.6 Å². The molecule has 2 heteroatoms. The van der Waals surface area contributed by atoms with E-state index in [1.165, 1.54) is 38.5 Å². The van der Waals surface area contributed by atoms with E-state index in [4.69, 9.17) is 4.74 Å². The highest BCUT2D eigenvalue weighted by molar-refractivity contribution is 5.66. The van der Waals surface area contributed by atoms with Gasteiger partial charge in [0.1, 0.15) is 6.10 Å². The van der Waals surface area contributed by atoms with E-state index in [0.717, 1.165) is 30.6 Å². The van der Waals surface area contributed by atoms with Gasteiger partial charge >= 0.3 is 5.97 Å². The van der Waals surface area contributed by atoms with Crippen LogP contribution in [0.5, 0.6) is 0 Å². The Hall–Kier alpha value is -0.530. The SMILES string of the molecule is CC(=O)O[C@@H]1CC[C@@H]2CC[C@H]3C(C)(C)CCC[C@]3(C)[C@H]2C1. The minimum atomic E-state index is -0.0973. The fraction of sp³-hybridized carbons (Fsp3) is 0.947. The average molecular weight is 292 g/mol. The maximum absolute atomic E-state index is 11.3. The summed E-state index contributed by atoms with van der Waals surface area (Å²) in [5.41, 5.74) is 0.968. The van der Waals surface area contributed by atoms with Crippen molar-refractivity contribution in [3.8, 4) is 0 Å². The predicted molar refractivity (Wildman–Crippen MR) is 84.8 cm³/mol. The zero-order valence-corrected chi connectivity index (χ0v) is 14.3. The molecule has 0 aromatic carbocycles. The first kappa shape index (κ1) is 15.4. The van der Waals surface area contributed by atoms with Crippen molar-refractivity contribution in [1.29, 1.82) is 0 Å². The van der Waals surface area contributed by atoms with Crippen molar-refractivity contribution in [3.05, 3.63) is 0 Å². The molecule has 0 aromatic heterocycles. The minimum absolute atomic E-state index is 0.0973. The molecule has 0 radical (unpaired) electrons. The molecule has 120 valence electrons. The van der Waals surface area contributed by atoms with Crippen LogP contribution < -0.4 is 0 Å². The van der Waals surface area contributed by atoms with Crippen LogP contribution in [0.1, 0.15) is 79.1 Å². The van der Waals surface area contributed by atoms with Crippen LogP contribution in [0.25, 0.3) is 0 Å². The molecule has 0 bridgehead atoms. The Kier molecular flexibility index (Phi) is 3.86. The van der Waals surface area contributed by atoms with Gasteiger partial charge in [-0.3, -0.25) is 4.79 Å². The summed E-state index contributed by atoms with van der Waals surface area (Å²) in [6.07, 6.45) is 10.6. The van der Waals surface area contributed by atoms with E-state index in [1.807, 2.05) is 0 Å². The largest absolute Gasteiger partial charge is 0.463 e. The maximum atomic E-state index is 11.3. The summed E-state index contributed by atoms with van der Waals surface area (Å²) in [5, 5.41) is 0. The Morgan fingerprint density at radius 2 is 1.76 bits per heavy atom. The van der Waals surface area contributed by atoms with Crippen molar-refractivity contribution in [1.82, 2.24) is 0 Å². The molecule has 0 N–H and O–H groups in total. The van der Waals surface area contributed by atoms with E-state index >= 15 is 0 Å². The molecular weight excluding hydrogens is 260 g/mol. The molecule has 0 aliphatic heterocycles. The van der Waals surface area contributed by atoms with E-state index in [0.29, 0.717) is 10.8 Å². The summed E-state index contributed by atoms with van der Waals surface area (Å²) >= 11 is 0. The third-order valence-corrected chi connectivity index (χ3v) is 7.23. The van der Waals surface area contributed by atoms with Crippen LogP contribution in [-0.4, -0.2) is 12.1 Å². The first-order chi connectivity index (χ1) is 9.83. The number of fused-ring (bicyclic) bond motifs is 3. The van der Waals surface area contributed by atoms with Gasteiger partial charge in [0.15, 0.2) is 0 Å². The normalized spacial score (nSPS) is 45.3. The Labute approximate surface area is 130 Å². The van der Waals surface area contributed by atoms with Gasteiger partial charge in [0.05, 0.1) is 0 Å². The summed E-state index contributed by atoms with van der Waals surface area (Å²) in [6.45, 7) is 9.09. The third kappa shape index (κ3) is 2.64. The van der Waals surface area contributed by atoms with Crippen LogP contribution in [0.15, 0.2) is 0 Å². The summed E-state index contributed by atoms with van der Waals surface area (Å²) in [4.78, 5) is 11.3. The van der Waals surface area contributed by atoms with Crippen molar-refractivity contribution in [2.45, 2.75) is 85.2 Å². The van der Waals surface area contributed by atoms with E-state index in [2.05, 4.69) is 20.8 Å². The van der Waals surface area contributed by atoms with Crippen LogP contribution in [0.2, 0.25) is 0 Å². The number of ether oxygens (including phenoxy) is 1. The third-order valence-electron chi connectivity index (χ3n) is 7.23. The lowest BCUT2D eigenvalue weighted by Gasteiger charge is -2.61. The van der Waals surface area contributed by atoms with Crippen molar-refractivity contribution < 1.29 is 9.53 Å². The number of carbonyl (C=O) groups is 1. The van der Waals surface area contributed by atoms with Crippen LogP contribution >= 0.6 is 0 Å². The lowest BCUT2D eigenvalue weighted by Crippen LogP contribution is -2.53. The molecule has 0 amide bonds. The number of hydrogen-bond acceptors (Lipinski definition) is 2. The maximum Gasteiger partial charge on any atom is 0.302 e. The molecule has 3 aliphatic rings. The Morgan fingerprint density at radius 1 is 1.05 bits per heavy atom. The fourth-order valence-corrected chi connectivity index (χ4v) is 6.40. The molecule has 5 atom stereocenters. The van der Waals surface area contributed by atoms with Gasteiger partial charge < -0.3 is 4.74 Å². The highest BCUT2D eigenvalue weighted by Crippen LogP contribution is 2.63. The van der Waals surface area contributed by atoms with E-state index in [1.54, 1.807) is 6.92 Å². The molecule has 2 nitrogen and oxygen atoms in total. The number of carbonyl (C=O) groups excluding carboxylic acids is 1. The zero-order chi connectivity index (χ0) is 15.3. The van der Waals surface area contributed by atoms with E-state index < -0.39 is 0 Å². The summed E-state index contributed by atoms with van der Waals surface area (Å²) in [6, 6.07) is 0. The minimum Gasteiger partial charge on any atom is -0.463 e.